The van der Waals surface area contributed by atoms with Crippen LogP contribution in [0, 0.1) is 6.92 Å². The molecular weight excluding hydrogens is 263 g/mol. The van der Waals surface area contributed by atoms with Crippen LogP contribution >= 0.6 is 0 Å². The Bertz CT molecular complexity index is 643. The van der Waals surface area contributed by atoms with Crippen LogP contribution in [-0.4, -0.2) is 19.8 Å². The maximum atomic E-state index is 11.2. The van der Waals surface area contributed by atoms with Crippen LogP contribution in [0.4, 0.5) is 0 Å². The molecule has 2 rings (SSSR count). The predicted molar refractivity (Wildman–Crippen MR) is 66.7 cm³/mol. The third kappa shape index (κ3) is 3.63. The van der Waals surface area contributed by atoms with E-state index in [2.05, 4.69) is 0 Å². The normalized spacial score (nSPS) is 10.1. The van der Waals surface area contributed by atoms with Gasteiger partial charge in [-0.1, -0.05) is 36.4 Å². The van der Waals surface area contributed by atoms with Crippen LogP contribution in [0.15, 0.2) is 41.3 Å². The quantitative estimate of drug-likeness (QED) is 0.554. The molecule has 0 aromatic heterocycles. The summed E-state index contributed by atoms with van der Waals surface area (Å²) >= 11 is 0. The number of rotatable bonds is 1. The van der Waals surface area contributed by atoms with E-state index < -0.39 is 10.1 Å². The van der Waals surface area contributed by atoms with E-state index in [1.807, 2.05) is 25.0 Å². The SMILES string of the molecule is C=O.Cc1ccc2ccccc2c1S(=O)(=O)O.[H-].[Na+]. The summed E-state index contributed by atoms with van der Waals surface area (Å²) in [6, 6.07) is 10.6. The molecule has 0 saturated heterocycles. The third-order valence-electron chi connectivity index (χ3n) is 2.33. The van der Waals surface area contributed by atoms with Gasteiger partial charge >= 0.3 is 29.6 Å². The van der Waals surface area contributed by atoms with Gasteiger partial charge in [0.25, 0.3) is 10.1 Å². The van der Waals surface area contributed by atoms with E-state index in [0.717, 1.165) is 5.39 Å². The third-order valence-corrected chi connectivity index (χ3v) is 3.39. The molecule has 0 heterocycles. The van der Waals surface area contributed by atoms with Gasteiger partial charge in [-0.2, -0.15) is 8.42 Å². The maximum absolute atomic E-state index is 11.2. The van der Waals surface area contributed by atoms with Gasteiger partial charge < -0.3 is 6.22 Å². The summed E-state index contributed by atoms with van der Waals surface area (Å²) in [5, 5.41) is 1.36. The van der Waals surface area contributed by atoms with Gasteiger partial charge in [0, 0.05) is 5.39 Å². The molecule has 4 nitrogen and oxygen atoms in total. The fraction of sp³-hybridized carbons (Fsp3) is 0.0833. The Morgan fingerprint density at radius 3 is 2.22 bits per heavy atom. The number of hydrogen-bond donors (Lipinski definition) is 1. The molecule has 0 aliphatic carbocycles. The summed E-state index contributed by atoms with van der Waals surface area (Å²) in [4.78, 5) is 8.00. The zero-order chi connectivity index (χ0) is 13.1. The smallest absolute Gasteiger partial charge is 1.00 e. The van der Waals surface area contributed by atoms with Gasteiger partial charge in [0.15, 0.2) is 0 Å². The summed E-state index contributed by atoms with van der Waals surface area (Å²) in [7, 11) is -4.16. The van der Waals surface area contributed by atoms with Crippen LogP contribution < -0.4 is 29.6 Å². The Morgan fingerprint density at radius 2 is 1.67 bits per heavy atom. The summed E-state index contributed by atoms with van der Waals surface area (Å²) in [6.45, 7) is 3.66. The van der Waals surface area contributed by atoms with Crippen molar-refractivity contribution >= 4 is 27.7 Å². The second-order valence-electron chi connectivity index (χ2n) is 3.41. The molecule has 2 aromatic rings. The van der Waals surface area contributed by atoms with Crippen LogP contribution in [0.3, 0.4) is 0 Å². The zero-order valence-corrected chi connectivity index (χ0v) is 13.1. The zero-order valence-electron chi connectivity index (χ0n) is 11.3. The molecule has 0 unspecified atom stereocenters. The fourth-order valence-electron chi connectivity index (χ4n) is 1.69. The predicted octanol–water partition coefficient (Wildman–Crippen LogP) is -0.673. The van der Waals surface area contributed by atoms with E-state index in [1.54, 1.807) is 25.1 Å². The van der Waals surface area contributed by atoms with Crippen molar-refractivity contribution in [1.29, 1.82) is 0 Å². The van der Waals surface area contributed by atoms with Gasteiger partial charge in [-0.3, -0.25) is 4.55 Å². The molecule has 0 amide bonds. The number of carbonyl (C=O) groups excluding carboxylic acids is 1. The molecule has 0 aliphatic rings. The summed E-state index contributed by atoms with van der Waals surface area (Å²) in [5.41, 5.74) is 0.552. The van der Waals surface area contributed by atoms with Crippen LogP contribution in [0.1, 0.15) is 6.99 Å². The van der Waals surface area contributed by atoms with Crippen molar-refractivity contribution in [2.75, 3.05) is 0 Å². The number of aryl methyl sites for hydroxylation is 1. The van der Waals surface area contributed by atoms with Crippen LogP contribution in [0.2, 0.25) is 0 Å². The number of fused-ring (bicyclic) bond motifs is 1. The molecule has 18 heavy (non-hydrogen) atoms. The van der Waals surface area contributed by atoms with Gasteiger partial charge in [-0.15, -0.1) is 0 Å². The van der Waals surface area contributed by atoms with E-state index in [0.29, 0.717) is 10.9 Å². The minimum atomic E-state index is -4.16. The fourth-order valence-corrected chi connectivity index (χ4v) is 2.63. The molecular formula is C12H13NaO4S. The van der Waals surface area contributed by atoms with E-state index >= 15 is 0 Å². The van der Waals surface area contributed by atoms with Gasteiger partial charge in [0.2, 0.25) is 0 Å². The van der Waals surface area contributed by atoms with Crippen molar-refractivity contribution in [2.45, 2.75) is 11.8 Å². The molecule has 2 aromatic carbocycles. The van der Waals surface area contributed by atoms with Gasteiger partial charge in [-0.25, -0.2) is 0 Å². The Kier molecular flexibility index (Phi) is 6.73. The standard InChI is InChI=1S/C11H10O3S.CH2O.Na.H/c1-8-6-7-9-4-2-3-5-10(9)11(8)15(12,13)14;1-2;;/h2-7H,1H3,(H,12,13,14);1H2;;/q;;+1;-1. The molecule has 1 N–H and O–H groups in total. The van der Waals surface area contributed by atoms with E-state index in [9.17, 15) is 8.42 Å². The molecule has 92 valence electrons. The van der Waals surface area contributed by atoms with Crippen LogP contribution in [0.25, 0.3) is 10.8 Å². The average Bonchev–Trinajstić information content (AvgIpc) is 2.29. The topological polar surface area (TPSA) is 71.4 Å². The van der Waals surface area contributed by atoms with E-state index in [-0.39, 0.29) is 35.9 Å². The van der Waals surface area contributed by atoms with E-state index in [1.165, 1.54) is 0 Å². The Balaban J connectivity index is 0. The van der Waals surface area contributed by atoms with Crippen molar-refractivity contribution in [3.63, 3.8) is 0 Å². The first-order chi connectivity index (χ1) is 8.00. The first kappa shape index (κ1) is 17.3. The second-order valence-corrected chi connectivity index (χ2v) is 4.77. The Hall–Kier alpha value is -0.720. The number of benzene rings is 2. The molecule has 0 atom stereocenters. The second kappa shape index (κ2) is 7.01. The minimum absolute atomic E-state index is 0. The minimum Gasteiger partial charge on any atom is -1.00 e. The Labute approximate surface area is 130 Å². The van der Waals surface area contributed by atoms with Gasteiger partial charge in [0.1, 0.15) is 11.7 Å². The molecule has 0 saturated carbocycles. The number of carbonyl (C=O) groups is 1. The van der Waals surface area contributed by atoms with Crippen LogP contribution in [0.5, 0.6) is 0 Å². The molecule has 6 heteroatoms. The largest absolute Gasteiger partial charge is 1.00 e. The van der Waals surface area contributed by atoms with Crippen molar-refractivity contribution in [3.8, 4) is 0 Å². The maximum Gasteiger partial charge on any atom is 1.00 e. The molecule has 0 bridgehead atoms. The van der Waals surface area contributed by atoms with E-state index in [4.69, 9.17) is 9.35 Å². The molecule has 0 fully saturated rings. The van der Waals surface area contributed by atoms with Gasteiger partial charge in [0.05, 0.1) is 0 Å². The van der Waals surface area contributed by atoms with Gasteiger partial charge in [-0.05, 0) is 17.9 Å². The molecule has 0 spiro atoms. The first-order valence-corrected chi connectivity index (χ1v) is 6.19. The van der Waals surface area contributed by atoms with Crippen molar-refractivity contribution < 1.29 is 48.7 Å². The summed E-state index contributed by atoms with van der Waals surface area (Å²) < 4.78 is 31.6. The summed E-state index contributed by atoms with van der Waals surface area (Å²) in [5.74, 6) is 0. The molecule has 0 radical (unpaired) electrons. The van der Waals surface area contributed by atoms with Crippen LogP contribution in [-0.2, 0) is 14.9 Å². The average molecular weight is 276 g/mol. The molecule has 0 aliphatic heterocycles. The first-order valence-electron chi connectivity index (χ1n) is 4.75. The van der Waals surface area contributed by atoms with Crippen molar-refractivity contribution in [3.05, 3.63) is 42.0 Å². The van der Waals surface area contributed by atoms with Crippen molar-refractivity contribution in [2.24, 2.45) is 0 Å². The van der Waals surface area contributed by atoms with Crippen molar-refractivity contribution in [1.82, 2.24) is 0 Å². The number of hydrogen-bond acceptors (Lipinski definition) is 3. The monoisotopic (exact) mass is 276 g/mol. The Morgan fingerprint density at radius 1 is 1.11 bits per heavy atom. The summed E-state index contributed by atoms with van der Waals surface area (Å²) in [6.07, 6.45) is 0.